The summed E-state index contributed by atoms with van der Waals surface area (Å²) in [6, 6.07) is 15.8. The molecule has 1 aromatic heterocycles. The highest BCUT2D eigenvalue weighted by molar-refractivity contribution is 7.92. The Morgan fingerprint density at radius 1 is 1.09 bits per heavy atom. The first-order valence-electron chi connectivity index (χ1n) is 11.4. The van der Waals surface area contributed by atoms with Gasteiger partial charge in [0.1, 0.15) is 10.6 Å². The summed E-state index contributed by atoms with van der Waals surface area (Å²) in [4.78, 5) is 12.2. The van der Waals surface area contributed by atoms with E-state index in [1.807, 2.05) is 37.3 Å². The Bertz CT molecular complexity index is 1180. The Labute approximate surface area is 194 Å². The Kier molecular flexibility index (Phi) is 7.13. The summed E-state index contributed by atoms with van der Waals surface area (Å²) in [5.74, 6) is -0.415. The lowest BCUT2D eigenvalue weighted by atomic mass is 10.2. The summed E-state index contributed by atoms with van der Waals surface area (Å²) in [6.45, 7) is 2.40. The fourth-order valence-corrected chi connectivity index (χ4v) is 5.22. The molecular formula is C25H29N3O4S. The van der Waals surface area contributed by atoms with E-state index in [1.165, 1.54) is 0 Å². The van der Waals surface area contributed by atoms with Crippen LogP contribution < -0.4 is 4.72 Å². The SMILES string of the molecule is CCCCOC(=O)c1ccc(NS(=O)(=O)c2cn(C3CCCC3)nc2-c2ccccc2)cc1. The van der Waals surface area contributed by atoms with Crippen LogP contribution in [0.2, 0.25) is 0 Å². The highest BCUT2D eigenvalue weighted by Crippen LogP contribution is 2.34. The Morgan fingerprint density at radius 2 is 1.79 bits per heavy atom. The number of sulfonamides is 1. The molecule has 0 saturated heterocycles. The van der Waals surface area contributed by atoms with Crippen molar-refractivity contribution in [2.24, 2.45) is 0 Å². The second kappa shape index (κ2) is 10.2. The van der Waals surface area contributed by atoms with Crippen LogP contribution in [0.1, 0.15) is 61.8 Å². The number of carbonyl (C=O) groups excluding carboxylic acids is 1. The van der Waals surface area contributed by atoms with Crippen LogP contribution in [-0.2, 0) is 14.8 Å². The van der Waals surface area contributed by atoms with Gasteiger partial charge in [0.15, 0.2) is 0 Å². The van der Waals surface area contributed by atoms with Gasteiger partial charge in [-0.15, -0.1) is 0 Å². The standard InChI is InChI=1S/C25H29N3O4S/c1-2-3-17-32-25(29)20-13-15-21(16-14-20)27-33(30,31)23-18-28(22-11-7-8-12-22)26-24(23)19-9-5-4-6-10-19/h4-6,9-10,13-16,18,22,27H,2-3,7-8,11-12,17H2,1H3. The third-order valence-corrected chi connectivity index (χ3v) is 7.22. The van der Waals surface area contributed by atoms with Crippen LogP contribution in [0.5, 0.6) is 0 Å². The monoisotopic (exact) mass is 467 g/mol. The largest absolute Gasteiger partial charge is 0.462 e. The molecule has 0 spiro atoms. The molecule has 1 aliphatic rings. The maximum atomic E-state index is 13.4. The summed E-state index contributed by atoms with van der Waals surface area (Å²) in [6.07, 6.45) is 7.63. The molecule has 1 saturated carbocycles. The summed E-state index contributed by atoms with van der Waals surface area (Å²) in [7, 11) is -3.90. The minimum Gasteiger partial charge on any atom is -0.462 e. The molecule has 0 atom stereocenters. The molecular weight excluding hydrogens is 438 g/mol. The molecule has 2 aromatic carbocycles. The predicted molar refractivity (Wildman–Crippen MR) is 128 cm³/mol. The van der Waals surface area contributed by atoms with Crippen LogP contribution >= 0.6 is 0 Å². The first-order chi connectivity index (χ1) is 16.0. The topological polar surface area (TPSA) is 90.3 Å². The van der Waals surface area contributed by atoms with Crippen LogP contribution in [0, 0.1) is 0 Å². The zero-order valence-corrected chi connectivity index (χ0v) is 19.6. The fraction of sp³-hybridized carbons (Fsp3) is 0.360. The molecule has 0 bridgehead atoms. The quantitative estimate of drug-likeness (QED) is 0.335. The number of esters is 1. The highest BCUT2D eigenvalue weighted by Gasteiger charge is 2.27. The third-order valence-electron chi connectivity index (χ3n) is 5.84. The number of aromatic nitrogens is 2. The lowest BCUT2D eigenvalue weighted by Gasteiger charge is -2.09. The Morgan fingerprint density at radius 3 is 2.45 bits per heavy atom. The van der Waals surface area contributed by atoms with Gasteiger partial charge in [-0.2, -0.15) is 5.10 Å². The van der Waals surface area contributed by atoms with Crippen molar-refractivity contribution in [3.05, 3.63) is 66.4 Å². The van der Waals surface area contributed by atoms with Crippen molar-refractivity contribution in [2.45, 2.75) is 56.4 Å². The smallest absolute Gasteiger partial charge is 0.338 e. The summed E-state index contributed by atoms with van der Waals surface area (Å²) in [5, 5.41) is 4.68. The van der Waals surface area contributed by atoms with E-state index in [-0.39, 0.29) is 10.9 Å². The van der Waals surface area contributed by atoms with Gasteiger partial charge >= 0.3 is 5.97 Å². The van der Waals surface area contributed by atoms with Crippen molar-refractivity contribution in [1.82, 2.24) is 9.78 Å². The van der Waals surface area contributed by atoms with Crippen LogP contribution in [0.3, 0.4) is 0 Å². The third kappa shape index (κ3) is 5.45. The maximum Gasteiger partial charge on any atom is 0.338 e. The van der Waals surface area contributed by atoms with Gasteiger partial charge in [-0.1, -0.05) is 56.5 Å². The van der Waals surface area contributed by atoms with Crippen molar-refractivity contribution in [2.75, 3.05) is 11.3 Å². The zero-order valence-electron chi connectivity index (χ0n) is 18.7. The molecule has 0 amide bonds. The number of anilines is 1. The van der Waals surface area contributed by atoms with E-state index in [2.05, 4.69) is 9.82 Å². The number of hydrogen-bond acceptors (Lipinski definition) is 5. The molecule has 3 aromatic rings. The summed E-state index contributed by atoms with van der Waals surface area (Å²) < 4.78 is 36.4. The van der Waals surface area contributed by atoms with Crippen LogP contribution in [0.4, 0.5) is 5.69 Å². The van der Waals surface area contributed by atoms with Crippen molar-refractivity contribution in [3.8, 4) is 11.3 Å². The van der Waals surface area contributed by atoms with E-state index in [0.717, 1.165) is 44.1 Å². The molecule has 1 fully saturated rings. The summed E-state index contributed by atoms with van der Waals surface area (Å²) >= 11 is 0. The number of nitrogens with zero attached hydrogens (tertiary/aromatic N) is 2. The highest BCUT2D eigenvalue weighted by atomic mass is 32.2. The van der Waals surface area contributed by atoms with E-state index >= 15 is 0 Å². The van der Waals surface area contributed by atoms with Crippen LogP contribution in [0.25, 0.3) is 11.3 Å². The molecule has 1 heterocycles. The van der Waals surface area contributed by atoms with Crippen LogP contribution in [-0.4, -0.2) is 30.8 Å². The van der Waals surface area contributed by atoms with Gasteiger partial charge in [0.2, 0.25) is 0 Å². The first kappa shape index (κ1) is 23.0. The van der Waals surface area contributed by atoms with Gasteiger partial charge in [-0.3, -0.25) is 9.40 Å². The lowest BCUT2D eigenvalue weighted by molar-refractivity contribution is 0.0500. The normalized spacial score (nSPS) is 14.3. The number of rotatable bonds is 9. The summed E-state index contributed by atoms with van der Waals surface area (Å²) in [5.41, 5.74) is 1.94. The van der Waals surface area contributed by atoms with Gasteiger partial charge in [0, 0.05) is 17.4 Å². The number of hydrogen-bond donors (Lipinski definition) is 1. The van der Waals surface area contributed by atoms with Crippen molar-refractivity contribution in [3.63, 3.8) is 0 Å². The van der Waals surface area contributed by atoms with Crippen molar-refractivity contribution < 1.29 is 17.9 Å². The molecule has 33 heavy (non-hydrogen) atoms. The van der Waals surface area contributed by atoms with E-state index in [9.17, 15) is 13.2 Å². The molecule has 7 nitrogen and oxygen atoms in total. The minimum absolute atomic E-state index is 0.142. The van der Waals surface area contributed by atoms with Gasteiger partial charge in [-0.25, -0.2) is 13.2 Å². The average Bonchev–Trinajstić information content (AvgIpc) is 3.50. The van der Waals surface area contributed by atoms with Crippen LogP contribution in [0.15, 0.2) is 65.7 Å². The van der Waals surface area contributed by atoms with E-state index in [0.29, 0.717) is 23.6 Å². The van der Waals surface area contributed by atoms with Crippen molar-refractivity contribution in [1.29, 1.82) is 0 Å². The van der Waals surface area contributed by atoms with Crippen molar-refractivity contribution >= 4 is 21.7 Å². The first-order valence-corrected chi connectivity index (χ1v) is 12.9. The Balaban J connectivity index is 1.58. The van der Waals surface area contributed by atoms with E-state index in [1.54, 1.807) is 35.1 Å². The number of ether oxygens (including phenoxy) is 1. The number of nitrogens with one attached hydrogen (secondary N) is 1. The molecule has 1 N–H and O–H groups in total. The molecule has 0 radical (unpaired) electrons. The second-order valence-corrected chi connectivity index (χ2v) is 9.95. The van der Waals surface area contributed by atoms with Gasteiger partial charge in [0.05, 0.1) is 18.2 Å². The molecule has 8 heteroatoms. The number of benzene rings is 2. The minimum atomic E-state index is -3.90. The Hall–Kier alpha value is -3.13. The number of unbranched alkanes of at least 4 members (excludes halogenated alkanes) is 1. The molecule has 174 valence electrons. The van der Waals surface area contributed by atoms with Gasteiger partial charge in [0.25, 0.3) is 10.0 Å². The second-order valence-electron chi connectivity index (χ2n) is 8.30. The molecule has 1 aliphatic carbocycles. The lowest BCUT2D eigenvalue weighted by Crippen LogP contribution is -2.14. The van der Waals surface area contributed by atoms with E-state index in [4.69, 9.17) is 4.74 Å². The number of carbonyl (C=O) groups is 1. The fourth-order valence-electron chi connectivity index (χ4n) is 4.00. The van der Waals surface area contributed by atoms with Gasteiger partial charge in [-0.05, 0) is 43.5 Å². The molecule has 0 aliphatic heterocycles. The van der Waals surface area contributed by atoms with Gasteiger partial charge < -0.3 is 4.74 Å². The molecule has 4 rings (SSSR count). The average molecular weight is 468 g/mol. The molecule has 0 unspecified atom stereocenters. The zero-order chi connectivity index (χ0) is 23.3. The maximum absolute atomic E-state index is 13.4. The van der Waals surface area contributed by atoms with E-state index < -0.39 is 16.0 Å². The predicted octanol–water partition coefficient (Wildman–Crippen LogP) is 5.42.